The summed E-state index contributed by atoms with van der Waals surface area (Å²) >= 11 is 0. The molecule has 10 heavy (non-hydrogen) atoms. The minimum Gasteiger partial charge on any atom is -0.463 e. The van der Waals surface area contributed by atoms with Crippen molar-refractivity contribution in [2.24, 2.45) is 0 Å². The lowest BCUT2D eigenvalue weighted by Crippen LogP contribution is -2.10. The molecule has 0 spiro atoms. The van der Waals surface area contributed by atoms with Crippen molar-refractivity contribution in [1.82, 2.24) is 0 Å². The van der Waals surface area contributed by atoms with Crippen LogP contribution in [0.2, 0.25) is 0 Å². The Bertz CT molecular complexity index is 133. The Morgan fingerprint density at radius 3 is 2.70 bits per heavy atom. The van der Waals surface area contributed by atoms with Crippen LogP contribution in [0.3, 0.4) is 0 Å². The number of aliphatic hydroxyl groups is 1. The van der Waals surface area contributed by atoms with Crippen molar-refractivity contribution in [2.75, 3.05) is 13.2 Å². The molecule has 0 heterocycles. The van der Waals surface area contributed by atoms with Crippen LogP contribution in [0.1, 0.15) is 13.3 Å². The minimum absolute atomic E-state index is 0.0139. The van der Waals surface area contributed by atoms with Gasteiger partial charge >= 0.3 is 5.97 Å². The Morgan fingerprint density at radius 1 is 1.70 bits per heavy atom. The fourth-order valence-electron chi connectivity index (χ4n) is 0.427. The minimum atomic E-state index is -0.457. The molecule has 0 aliphatic rings. The van der Waals surface area contributed by atoms with Crippen molar-refractivity contribution in [1.29, 1.82) is 5.41 Å². The molecule has 4 heteroatoms. The predicted molar refractivity (Wildman–Crippen MR) is 36.1 cm³/mol. The lowest BCUT2D eigenvalue weighted by Gasteiger charge is -1.99. The molecule has 0 radical (unpaired) electrons. The molecule has 0 unspecified atom stereocenters. The first-order valence-corrected chi connectivity index (χ1v) is 2.97. The average Bonchev–Trinajstić information content (AvgIpc) is 1.82. The Morgan fingerprint density at radius 2 is 2.30 bits per heavy atom. The standard InChI is InChI=1S/C6H11NO3/c1-5(7)4-6(9)10-3-2-8/h7-8H,2-4H2,1H3. The van der Waals surface area contributed by atoms with Gasteiger partial charge in [-0.05, 0) is 6.92 Å². The summed E-state index contributed by atoms with van der Waals surface area (Å²) in [5.41, 5.74) is 0.267. The molecule has 0 saturated carbocycles. The Kier molecular flexibility index (Phi) is 4.49. The third kappa shape index (κ3) is 5.24. The highest BCUT2D eigenvalue weighted by molar-refractivity contribution is 5.95. The Balaban J connectivity index is 3.35. The summed E-state index contributed by atoms with van der Waals surface area (Å²) in [5, 5.41) is 15.1. The summed E-state index contributed by atoms with van der Waals surface area (Å²) in [5.74, 6) is -0.457. The van der Waals surface area contributed by atoms with E-state index in [0.717, 1.165) is 0 Å². The lowest BCUT2D eigenvalue weighted by molar-refractivity contribution is -0.143. The van der Waals surface area contributed by atoms with Crippen LogP contribution in [0.15, 0.2) is 0 Å². The van der Waals surface area contributed by atoms with Crippen molar-refractivity contribution in [2.45, 2.75) is 13.3 Å². The maximum Gasteiger partial charge on any atom is 0.311 e. The van der Waals surface area contributed by atoms with Crippen LogP contribution in [0.5, 0.6) is 0 Å². The second kappa shape index (κ2) is 4.93. The van der Waals surface area contributed by atoms with E-state index in [0.29, 0.717) is 0 Å². The first-order chi connectivity index (χ1) is 4.66. The van der Waals surface area contributed by atoms with Crippen molar-refractivity contribution >= 4 is 11.7 Å². The number of carbonyl (C=O) groups excluding carboxylic acids is 1. The van der Waals surface area contributed by atoms with Gasteiger partial charge < -0.3 is 15.3 Å². The number of rotatable bonds is 4. The molecule has 0 rings (SSSR count). The summed E-state index contributed by atoms with van der Waals surface area (Å²) in [6, 6.07) is 0. The fraction of sp³-hybridized carbons (Fsp3) is 0.667. The topological polar surface area (TPSA) is 70.4 Å². The molecule has 0 aromatic heterocycles. The summed E-state index contributed by atoms with van der Waals surface area (Å²) < 4.78 is 4.47. The van der Waals surface area contributed by atoms with E-state index >= 15 is 0 Å². The van der Waals surface area contributed by atoms with E-state index in [1.165, 1.54) is 6.92 Å². The lowest BCUT2D eigenvalue weighted by atomic mass is 10.3. The number of hydrogen-bond acceptors (Lipinski definition) is 4. The SMILES string of the molecule is CC(=N)CC(=O)OCCO. The third-order valence-corrected chi connectivity index (χ3v) is 0.764. The smallest absolute Gasteiger partial charge is 0.311 e. The van der Waals surface area contributed by atoms with Gasteiger partial charge in [-0.1, -0.05) is 0 Å². The highest BCUT2D eigenvalue weighted by Crippen LogP contribution is 1.86. The van der Waals surface area contributed by atoms with Gasteiger partial charge in [-0.3, -0.25) is 4.79 Å². The normalized spacial score (nSPS) is 9.00. The van der Waals surface area contributed by atoms with Gasteiger partial charge in [0.15, 0.2) is 0 Å². The van der Waals surface area contributed by atoms with Crippen LogP contribution in [0, 0.1) is 5.41 Å². The number of hydrogen-bond donors (Lipinski definition) is 2. The van der Waals surface area contributed by atoms with Gasteiger partial charge in [-0.25, -0.2) is 0 Å². The number of ether oxygens (including phenoxy) is 1. The molecular weight excluding hydrogens is 134 g/mol. The van der Waals surface area contributed by atoms with Crippen molar-refractivity contribution in [3.8, 4) is 0 Å². The molecule has 0 aliphatic carbocycles. The van der Waals surface area contributed by atoms with E-state index in [1.807, 2.05) is 0 Å². The van der Waals surface area contributed by atoms with Crippen LogP contribution >= 0.6 is 0 Å². The van der Waals surface area contributed by atoms with Crippen molar-refractivity contribution in [3.63, 3.8) is 0 Å². The summed E-state index contributed by atoms with van der Waals surface area (Å²) in [4.78, 5) is 10.5. The quantitative estimate of drug-likeness (QED) is 0.430. The van der Waals surface area contributed by atoms with E-state index in [1.54, 1.807) is 0 Å². The number of nitrogens with one attached hydrogen (secondary N) is 1. The summed E-state index contributed by atoms with van der Waals surface area (Å²) in [6.45, 7) is 1.38. The van der Waals surface area contributed by atoms with Crippen LogP contribution in [0.4, 0.5) is 0 Å². The molecule has 2 N–H and O–H groups in total. The van der Waals surface area contributed by atoms with Crippen LogP contribution in [-0.4, -0.2) is 30.0 Å². The largest absolute Gasteiger partial charge is 0.463 e. The first kappa shape index (κ1) is 9.10. The maximum atomic E-state index is 10.5. The van der Waals surface area contributed by atoms with Gasteiger partial charge in [-0.15, -0.1) is 0 Å². The van der Waals surface area contributed by atoms with Gasteiger partial charge in [0.1, 0.15) is 6.61 Å². The number of aliphatic hydroxyl groups excluding tert-OH is 1. The van der Waals surface area contributed by atoms with Gasteiger partial charge in [0.25, 0.3) is 0 Å². The monoisotopic (exact) mass is 145 g/mol. The molecule has 0 atom stereocenters. The van der Waals surface area contributed by atoms with Crippen LogP contribution in [0.25, 0.3) is 0 Å². The summed E-state index contributed by atoms with van der Waals surface area (Å²) in [6.07, 6.45) is 0.0139. The Labute approximate surface area is 59.3 Å². The van der Waals surface area contributed by atoms with Gasteiger partial charge in [0.2, 0.25) is 0 Å². The fourth-order valence-corrected chi connectivity index (χ4v) is 0.427. The van der Waals surface area contributed by atoms with Crippen LogP contribution in [-0.2, 0) is 9.53 Å². The van der Waals surface area contributed by atoms with E-state index in [-0.39, 0.29) is 25.3 Å². The highest BCUT2D eigenvalue weighted by Gasteiger charge is 2.01. The molecule has 58 valence electrons. The zero-order chi connectivity index (χ0) is 7.98. The van der Waals surface area contributed by atoms with E-state index in [9.17, 15) is 4.79 Å². The third-order valence-electron chi connectivity index (χ3n) is 0.764. The second-order valence-electron chi connectivity index (χ2n) is 1.90. The number of esters is 1. The van der Waals surface area contributed by atoms with Gasteiger partial charge in [0, 0.05) is 5.71 Å². The van der Waals surface area contributed by atoms with E-state index in [4.69, 9.17) is 10.5 Å². The predicted octanol–water partition coefficient (Wildman–Crippen LogP) is -0.0483. The second-order valence-corrected chi connectivity index (χ2v) is 1.90. The molecule has 0 saturated heterocycles. The van der Waals surface area contributed by atoms with E-state index < -0.39 is 5.97 Å². The molecular formula is C6H11NO3. The molecule has 0 fully saturated rings. The molecule has 0 aliphatic heterocycles. The van der Waals surface area contributed by atoms with Gasteiger partial charge in [0.05, 0.1) is 13.0 Å². The summed E-state index contributed by atoms with van der Waals surface area (Å²) in [7, 11) is 0. The molecule has 0 aromatic carbocycles. The van der Waals surface area contributed by atoms with Crippen LogP contribution < -0.4 is 0 Å². The highest BCUT2D eigenvalue weighted by atomic mass is 16.5. The molecule has 0 aromatic rings. The maximum absolute atomic E-state index is 10.5. The zero-order valence-corrected chi connectivity index (χ0v) is 5.89. The average molecular weight is 145 g/mol. The molecule has 4 nitrogen and oxygen atoms in total. The van der Waals surface area contributed by atoms with Crippen molar-refractivity contribution < 1.29 is 14.6 Å². The molecule has 0 amide bonds. The Hall–Kier alpha value is -0.900. The number of carbonyl (C=O) groups is 1. The van der Waals surface area contributed by atoms with E-state index in [2.05, 4.69) is 4.74 Å². The first-order valence-electron chi connectivity index (χ1n) is 2.97. The van der Waals surface area contributed by atoms with Crippen molar-refractivity contribution in [3.05, 3.63) is 0 Å². The van der Waals surface area contributed by atoms with Gasteiger partial charge in [-0.2, -0.15) is 0 Å². The molecule has 0 bridgehead atoms. The zero-order valence-electron chi connectivity index (χ0n) is 5.89.